The molecule has 0 saturated heterocycles. The van der Waals surface area contributed by atoms with Crippen LogP contribution in [0.2, 0.25) is 0 Å². The second-order valence-electron chi connectivity index (χ2n) is 4.83. The molecule has 5 heteroatoms. The summed E-state index contributed by atoms with van der Waals surface area (Å²) in [5, 5.41) is 4.17. The van der Waals surface area contributed by atoms with Gasteiger partial charge >= 0.3 is 0 Å². The number of nitrogens with zero attached hydrogens (tertiary/aromatic N) is 2. The van der Waals surface area contributed by atoms with Crippen molar-refractivity contribution >= 4 is 11.5 Å². The number of aromatic nitrogens is 2. The monoisotopic (exact) mass is 276 g/mol. The van der Waals surface area contributed by atoms with E-state index in [4.69, 9.17) is 5.84 Å². The summed E-state index contributed by atoms with van der Waals surface area (Å²) in [6, 6.07) is 4.37. The summed E-state index contributed by atoms with van der Waals surface area (Å²) >= 11 is 1.42. The van der Waals surface area contributed by atoms with E-state index in [-0.39, 0.29) is 6.04 Å². The molecule has 19 heavy (non-hydrogen) atoms. The van der Waals surface area contributed by atoms with E-state index in [1.807, 2.05) is 0 Å². The molecule has 0 fully saturated rings. The zero-order valence-corrected chi connectivity index (χ0v) is 12.6. The van der Waals surface area contributed by atoms with Gasteiger partial charge in [0.05, 0.1) is 16.6 Å². The van der Waals surface area contributed by atoms with Crippen LogP contribution >= 0.6 is 11.5 Å². The molecule has 0 saturated carbocycles. The maximum atomic E-state index is 5.78. The molecule has 0 aliphatic carbocycles. The Kier molecular flexibility index (Phi) is 4.29. The van der Waals surface area contributed by atoms with E-state index in [1.165, 1.54) is 33.8 Å². The summed E-state index contributed by atoms with van der Waals surface area (Å²) < 4.78 is 4.05. The van der Waals surface area contributed by atoms with Gasteiger partial charge in [-0.15, -0.1) is 5.10 Å². The van der Waals surface area contributed by atoms with Crippen molar-refractivity contribution in [2.24, 2.45) is 5.84 Å². The Labute approximate surface area is 118 Å². The number of rotatable bonds is 4. The van der Waals surface area contributed by atoms with Crippen LogP contribution in [0, 0.1) is 20.8 Å². The van der Waals surface area contributed by atoms with Gasteiger partial charge in [-0.3, -0.25) is 5.84 Å². The third kappa shape index (κ3) is 2.68. The predicted molar refractivity (Wildman–Crippen MR) is 79.1 cm³/mol. The topological polar surface area (TPSA) is 63.8 Å². The van der Waals surface area contributed by atoms with Crippen LogP contribution in [0.25, 0.3) is 0 Å². The molecule has 0 aliphatic heterocycles. The molecule has 0 radical (unpaired) electrons. The van der Waals surface area contributed by atoms with Crippen LogP contribution in [0.5, 0.6) is 0 Å². The minimum Gasteiger partial charge on any atom is -0.271 e. The Balaban J connectivity index is 2.51. The molecule has 1 atom stereocenters. The molecule has 2 rings (SSSR count). The summed E-state index contributed by atoms with van der Waals surface area (Å²) in [7, 11) is 0. The van der Waals surface area contributed by atoms with Gasteiger partial charge < -0.3 is 0 Å². The van der Waals surface area contributed by atoms with Gasteiger partial charge in [0.15, 0.2) is 0 Å². The highest BCUT2D eigenvalue weighted by Gasteiger charge is 2.21. The van der Waals surface area contributed by atoms with Gasteiger partial charge in [0.1, 0.15) is 0 Å². The first-order valence-electron chi connectivity index (χ1n) is 6.43. The predicted octanol–water partition coefficient (Wildman–Crippen LogP) is 2.58. The largest absolute Gasteiger partial charge is 0.271 e. The summed E-state index contributed by atoms with van der Waals surface area (Å²) in [5.41, 5.74) is 8.95. The molecule has 1 aromatic heterocycles. The number of benzene rings is 1. The van der Waals surface area contributed by atoms with Crippen LogP contribution in [0.1, 0.15) is 45.8 Å². The Morgan fingerprint density at radius 2 is 1.89 bits per heavy atom. The third-order valence-electron chi connectivity index (χ3n) is 3.54. The first kappa shape index (κ1) is 14.1. The van der Waals surface area contributed by atoms with Gasteiger partial charge in [0, 0.05) is 0 Å². The van der Waals surface area contributed by atoms with Crippen molar-refractivity contribution in [2.45, 2.75) is 40.2 Å². The zero-order valence-electron chi connectivity index (χ0n) is 11.8. The molecule has 0 amide bonds. The number of nitrogens with two attached hydrogens (primary N) is 1. The molecule has 0 bridgehead atoms. The van der Waals surface area contributed by atoms with Crippen LogP contribution in [-0.4, -0.2) is 9.59 Å². The number of nitrogens with one attached hydrogen (secondary N) is 1. The normalized spacial score (nSPS) is 12.7. The van der Waals surface area contributed by atoms with Crippen LogP contribution in [0.3, 0.4) is 0 Å². The molecule has 102 valence electrons. The lowest BCUT2D eigenvalue weighted by molar-refractivity contribution is 0.635. The Bertz CT molecular complexity index is 577. The first-order valence-corrected chi connectivity index (χ1v) is 7.20. The van der Waals surface area contributed by atoms with Crippen molar-refractivity contribution in [1.29, 1.82) is 0 Å². The second kappa shape index (κ2) is 5.77. The minimum absolute atomic E-state index is 0.0331. The van der Waals surface area contributed by atoms with E-state index < -0.39 is 0 Å². The molecule has 1 aromatic carbocycles. The highest BCUT2D eigenvalue weighted by atomic mass is 32.1. The average molecular weight is 276 g/mol. The zero-order chi connectivity index (χ0) is 14.0. The highest BCUT2D eigenvalue weighted by Crippen LogP contribution is 2.30. The molecular formula is C14H20N4S. The molecule has 4 nitrogen and oxygen atoms in total. The first-order chi connectivity index (χ1) is 9.08. The maximum Gasteiger partial charge on any atom is 0.0840 e. The Morgan fingerprint density at radius 1 is 1.21 bits per heavy atom. The van der Waals surface area contributed by atoms with Gasteiger partial charge in [-0.25, -0.2) is 5.43 Å². The molecule has 0 spiro atoms. The molecule has 3 N–H and O–H groups in total. The summed E-state index contributed by atoms with van der Waals surface area (Å²) in [6.07, 6.45) is 0.869. The van der Waals surface area contributed by atoms with E-state index in [9.17, 15) is 0 Å². The smallest absolute Gasteiger partial charge is 0.0840 e. The Hall–Kier alpha value is -1.30. The summed E-state index contributed by atoms with van der Waals surface area (Å²) in [4.78, 5) is 1.11. The fourth-order valence-corrected chi connectivity index (χ4v) is 3.10. The fourth-order valence-electron chi connectivity index (χ4n) is 2.28. The number of hydrazine groups is 1. The Morgan fingerprint density at radius 3 is 2.53 bits per heavy atom. The quantitative estimate of drug-likeness (QED) is 0.665. The number of hydrogen-bond donors (Lipinski definition) is 2. The molecular weight excluding hydrogens is 256 g/mol. The SMILES string of the molecule is CCc1nnsc1C(NN)c1cc(C)c(C)cc1C. The van der Waals surface area contributed by atoms with Crippen LogP contribution < -0.4 is 11.3 Å². The lowest BCUT2D eigenvalue weighted by Crippen LogP contribution is -2.29. The lowest BCUT2D eigenvalue weighted by Gasteiger charge is -2.19. The summed E-state index contributed by atoms with van der Waals surface area (Å²) in [5.74, 6) is 5.78. The van der Waals surface area contributed by atoms with Gasteiger partial charge in [0.2, 0.25) is 0 Å². The molecule has 0 aliphatic rings. The lowest BCUT2D eigenvalue weighted by atomic mass is 9.94. The van der Waals surface area contributed by atoms with Crippen molar-refractivity contribution in [3.8, 4) is 0 Å². The van der Waals surface area contributed by atoms with E-state index in [1.54, 1.807) is 0 Å². The van der Waals surface area contributed by atoms with E-state index in [0.717, 1.165) is 17.0 Å². The standard InChI is InChI=1S/C14H20N4S/c1-5-12-14(19-18-17-12)13(16-15)11-7-9(3)8(2)6-10(11)4/h6-7,13,16H,5,15H2,1-4H3. The number of hydrogen-bond acceptors (Lipinski definition) is 5. The maximum absolute atomic E-state index is 5.78. The minimum atomic E-state index is -0.0331. The fraction of sp³-hybridized carbons (Fsp3) is 0.429. The van der Waals surface area contributed by atoms with Crippen LogP contribution in [-0.2, 0) is 6.42 Å². The summed E-state index contributed by atoms with van der Waals surface area (Å²) in [6.45, 7) is 8.45. The van der Waals surface area contributed by atoms with Gasteiger partial charge in [-0.2, -0.15) is 0 Å². The van der Waals surface area contributed by atoms with Gasteiger partial charge in [-0.1, -0.05) is 23.5 Å². The van der Waals surface area contributed by atoms with Crippen molar-refractivity contribution in [1.82, 2.24) is 15.0 Å². The number of aryl methyl sites for hydroxylation is 4. The molecule has 1 unspecified atom stereocenters. The van der Waals surface area contributed by atoms with Crippen LogP contribution in [0.15, 0.2) is 12.1 Å². The average Bonchev–Trinajstić information content (AvgIpc) is 2.84. The van der Waals surface area contributed by atoms with Crippen molar-refractivity contribution < 1.29 is 0 Å². The molecule has 1 heterocycles. The van der Waals surface area contributed by atoms with Gasteiger partial charge in [0.25, 0.3) is 0 Å². The van der Waals surface area contributed by atoms with Crippen molar-refractivity contribution in [3.63, 3.8) is 0 Å². The van der Waals surface area contributed by atoms with E-state index >= 15 is 0 Å². The van der Waals surface area contributed by atoms with E-state index in [0.29, 0.717) is 0 Å². The van der Waals surface area contributed by atoms with Crippen molar-refractivity contribution in [3.05, 3.63) is 45.0 Å². The van der Waals surface area contributed by atoms with Crippen LogP contribution in [0.4, 0.5) is 0 Å². The third-order valence-corrected chi connectivity index (χ3v) is 4.37. The van der Waals surface area contributed by atoms with E-state index in [2.05, 4.69) is 54.8 Å². The van der Waals surface area contributed by atoms with Gasteiger partial charge in [-0.05, 0) is 61.0 Å². The highest BCUT2D eigenvalue weighted by molar-refractivity contribution is 7.05. The second-order valence-corrected chi connectivity index (χ2v) is 5.62. The molecule has 2 aromatic rings. The van der Waals surface area contributed by atoms with Crippen molar-refractivity contribution in [2.75, 3.05) is 0 Å².